The lowest BCUT2D eigenvalue weighted by Gasteiger charge is -2.24. The molecule has 0 radical (unpaired) electrons. The van der Waals surface area contributed by atoms with Crippen LogP contribution in [0.15, 0.2) is 54.6 Å². The molecule has 130 valence electrons. The maximum atomic E-state index is 11.9. The number of carbonyl (C=O) groups excluding carboxylic acids is 3. The fraction of sp³-hybridized carbons (Fsp3) is 0.286. The Morgan fingerprint density at radius 3 is 2.16 bits per heavy atom. The van der Waals surface area contributed by atoms with Crippen LogP contribution in [0.4, 0.5) is 0 Å². The van der Waals surface area contributed by atoms with Gasteiger partial charge in [0.05, 0.1) is 0 Å². The van der Waals surface area contributed by atoms with Crippen LogP contribution in [0.5, 0.6) is 0 Å². The molecule has 1 aliphatic rings. The smallest absolute Gasteiger partial charge is 0.310 e. The molecule has 0 heterocycles. The predicted molar refractivity (Wildman–Crippen MR) is 95.3 cm³/mol. The molecule has 1 aliphatic carbocycles. The average molecular weight is 338 g/mol. The Balaban J connectivity index is 0.000000277. The van der Waals surface area contributed by atoms with Gasteiger partial charge in [0, 0.05) is 25.8 Å². The summed E-state index contributed by atoms with van der Waals surface area (Å²) in [5.41, 5.74) is 3.52. The standard InChI is InChI=1S/C17H16O.C4H6O3/c18-17-11-10-14(12-13-6-2-1-3-7-13)15-8-4-5-9-16(15)17;1-3(5)7-4(2)6/h1-9,14H,10-12H2;1-2H3. The highest BCUT2D eigenvalue weighted by Gasteiger charge is 2.24. The van der Waals surface area contributed by atoms with E-state index in [0.29, 0.717) is 18.1 Å². The van der Waals surface area contributed by atoms with Gasteiger partial charge < -0.3 is 4.74 Å². The van der Waals surface area contributed by atoms with Crippen LogP contribution in [-0.4, -0.2) is 17.7 Å². The molecule has 4 heteroatoms. The highest BCUT2D eigenvalue weighted by Crippen LogP contribution is 2.33. The molecule has 0 saturated heterocycles. The van der Waals surface area contributed by atoms with Crippen molar-refractivity contribution < 1.29 is 19.1 Å². The highest BCUT2D eigenvalue weighted by molar-refractivity contribution is 5.98. The molecule has 2 aromatic carbocycles. The van der Waals surface area contributed by atoms with Crippen molar-refractivity contribution >= 4 is 17.7 Å². The van der Waals surface area contributed by atoms with E-state index in [1.54, 1.807) is 0 Å². The van der Waals surface area contributed by atoms with Gasteiger partial charge >= 0.3 is 11.9 Å². The summed E-state index contributed by atoms with van der Waals surface area (Å²) < 4.78 is 3.97. The first-order chi connectivity index (χ1) is 12.0. The lowest BCUT2D eigenvalue weighted by molar-refractivity contribution is -0.156. The van der Waals surface area contributed by atoms with Crippen molar-refractivity contribution in [1.29, 1.82) is 0 Å². The molecule has 2 aromatic rings. The van der Waals surface area contributed by atoms with E-state index in [-0.39, 0.29) is 0 Å². The summed E-state index contributed by atoms with van der Waals surface area (Å²) in [4.78, 5) is 31.5. The Morgan fingerprint density at radius 1 is 0.960 bits per heavy atom. The molecule has 0 bridgehead atoms. The number of ether oxygens (including phenoxy) is 1. The average Bonchev–Trinajstić information content (AvgIpc) is 2.58. The summed E-state index contributed by atoms with van der Waals surface area (Å²) in [7, 11) is 0. The Kier molecular flexibility index (Phi) is 6.63. The molecule has 0 N–H and O–H groups in total. The number of benzene rings is 2. The third kappa shape index (κ3) is 5.68. The molecule has 0 aliphatic heterocycles. The quantitative estimate of drug-likeness (QED) is 0.611. The van der Waals surface area contributed by atoms with E-state index in [9.17, 15) is 14.4 Å². The number of rotatable bonds is 2. The maximum absolute atomic E-state index is 11.9. The van der Waals surface area contributed by atoms with Gasteiger partial charge in [-0.05, 0) is 29.9 Å². The third-order valence-electron chi connectivity index (χ3n) is 4.03. The molecule has 0 amide bonds. The fourth-order valence-electron chi connectivity index (χ4n) is 3.02. The highest BCUT2D eigenvalue weighted by atomic mass is 16.6. The zero-order chi connectivity index (χ0) is 18.2. The van der Waals surface area contributed by atoms with Crippen LogP contribution >= 0.6 is 0 Å². The molecule has 0 aromatic heterocycles. The van der Waals surface area contributed by atoms with Crippen LogP contribution in [0.3, 0.4) is 0 Å². The zero-order valence-electron chi connectivity index (χ0n) is 14.5. The van der Waals surface area contributed by atoms with Crippen molar-refractivity contribution in [2.75, 3.05) is 0 Å². The number of esters is 2. The Hall–Kier alpha value is -2.75. The Bertz CT molecular complexity index is 738. The van der Waals surface area contributed by atoms with Gasteiger partial charge in [-0.25, -0.2) is 0 Å². The summed E-state index contributed by atoms with van der Waals surface area (Å²) in [5, 5.41) is 0. The molecule has 0 fully saturated rings. The number of hydrogen-bond donors (Lipinski definition) is 0. The first-order valence-electron chi connectivity index (χ1n) is 8.32. The fourth-order valence-corrected chi connectivity index (χ4v) is 3.02. The van der Waals surface area contributed by atoms with Gasteiger partial charge in [-0.2, -0.15) is 0 Å². The van der Waals surface area contributed by atoms with Crippen molar-refractivity contribution in [3.05, 3.63) is 71.3 Å². The van der Waals surface area contributed by atoms with Crippen LogP contribution in [0.25, 0.3) is 0 Å². The van der Waals surface area contributed by atoms with Gasteiger partial charge in [0.2, 0.25) is 0 Å². The van der Waals surface area contributed by atoms with Crippen molar-refractivity contribution in [2.45, 2.75) is 39.0 Å². The van der Waals surface area contributed by atoms with Crippen LogP contribution in [0.1, 0.15) is 54.1 Å². The minimum absolute atomic E-state index is 0.301. The first kappa shape index (κ1) is 18.6. The second-order valence-electron chi connectivity index (χ2n) is 6.02. The minimum Gasteiger partial charge on any atom is -0.394 e. The number of fused-ring (bicyclic) bond motifs is 1. The van der Waals surface area contributed by atoms with Gasteiger partial charge in [-0.1, -0.05) is 54.6 Å². The van der Waals surface area contributed by atoms with E-state index < -0.39 is 11.9 Å². The van der Waals surface area contributed by atoms with E-state index in [2.05, 4.69) is 35.1 Å². The van der Waals surface area contributed by atoms with Gasteiger partial charge in [-0.15, -0.1) is 0 Å². The molecular formula is C21H22O4. The molecule has 25 heavy (non-hydrogen) atoms. The molecule has 0 spiro atoms. The van der Waals surface area contributed by atoms with Gasteiger partial charge in [0.1, 0.15) is 0 Å². The summed E-state index contributed by atoms with van der Waals surface area (Å²) in [5.74, 6) is -0.337. The lowest BCUT2D eigenvalue weighted by atomic mass is 9.79. The van der Waals surface area contributed by atoms with E-state index in [1.807, 2.05) is 24.3 Å². The van der Waals surface area contributed by atoms with Crippen LogP contribution in [-0.2, 0) is 20.7 Å². The lowest BCUT2D eigenvalue weighted by Crippen LogP contribution is -2.17. The topological polar surface area (TPSA) is 60.4 Å². The summed E-state index contributed by atoms with van der Waals surface area (Å²) in [6.45, 7) is 2.36. The Morgan fingerprint density at radius 2 is 1.56 bits per heavy atom. The van der Waals surface area contributed by atoms with Crippen LogP contribution in [0, 0.1) is 0 Å². The van der Waals surface area contributed by atoms with Crippen molar-refractivity contribution in [3.63, 3.8) is 0 Å². The second kappa shape index (κ2) is 8.92. The van der Waals surface area contributed by atoms with Crippen LogP contribution < -0.4 is 0 Å². The van der Waals surface area contributed by atoms with E-state index in [1.165, 1.54) is 25.0 Å². The molecule has 0 saturated carbocycles. The van der Waals surface area contributed by atoms with Gasteiger partial charge in [-0.3, -0.25) is 14.4 Å². The predicted octanol–water partition coefficient (Wildman–Crippen LogP) is 4.09. The molecule has 3 rings (SSSR count). The van der Waals surface area contributed by atoms with Crippen molar-refractivity contribution in [2.24, 2.45) is 0 Å². The number of Topliss-reactive ketones (excluding diaryl/α,β-unsaturated/α-hetero) is 1. The third-order valence-corrected chi connectivity index (χ3v) is 4.03. The number of carbonyl (C=O) groups is 3. The van der Waals surface area contributed by atoms with E-state index in [4.69, 9.17) is 0 Å². The Labute approximate surface area is 147 Å². The van der Waals surface area contributed by atoms with Crippen LogP contribution in [0.2, 0.25) is 0 Å². The normalized spacial score (nSPS) is 15.4. The molecular weight excluding hydrogens is 316 g/mol. The van der Waals surface area contributed by atoms with E-state index >= 15 is 0 Å². The largest absolute Gasteiger partial charge is 0.394 e. The van der Waals surface area contributed by atoms with Gasteiger partial charge in [0.15, 0.2) is 5.78 Å². The van der Waals surface area contributed by atoms with Crippen molar-refractivity contribution in [1.82, 2.24) is 0 Å². The van der Waals surface area contributed by atoms with Gasteiger partial charge in [0.25, 0.3) is 0 Å². The van der Waals surface area contributed by atoms with Crippen molar-refractivity contribution in [3.8, 4) is 0 Å². The number of hydrogen-bond acceptors (Lipinski definition) is 4. The SMILES string of the molecule is CC(=O)OC(C)=O.O=C1CCC(Cc2ccccc2)c2ccccc21. The summed E-state index contributed by atoms with van der Waals surface area (Å²) >= 11 is 0. The molecule has 4 nitrogen and oxygen atoms in total. The number of ketones is 1. The molecule has 1 unspecified atom stereocenters. The second-order valence-corrected chi connectivity index (χ2v) is 6.02. The first-order valence-corrected chi connectivity index (χ1v) is 8.32. The minimum atomic E-state index is -0.562. The zero-order valence-corrected chi connectivity index (χ0v) is 14.5. The summed E-state index contributed by atoms with van der Waals surface area (Å²) in [6.07, 6.45) is 2.70. The van der Waals surface area contributed by atoms with E-state index in [0.717, 1.165) is 18.4 Å². The monoisotopic (exact) mass is 338 g/mol. The molecule has 1 atom stereocenters. The maximum Gasteiger partial charge on any atom is 0.310 e. The summed E-state index contributed by atoms with van der Waals surface area (Å²) in [6, 6.07) is 18.6.